The van der Waals surface area contributed by atoms with E-state index < -0.39 is 18.9 Å². The van der Waals surface area contributed by atoms with Crippen LogP contribution in [0.5, 0.6) is 0 Å². The van der Waals surface area contributed by atoms with Crippen LogP contribution in [0.1, 0.15) is 19.3 Å². The molecule has 0 rings (SSSR count). The van der Waals surface area contributed by atoms with Crippen molar-refractivity contribution in [1.82, 2.24) is 0 Å². The maximum Gasteiger partial charge on any atom is 0.325 e. The number of hydrogen-bond acceptors (Lipinski definition) is 4. The number of alkyl halides is 1. The molecule has 4 nitrogen and oxygen atoms in total. The Morgan fingerprint density at radius 2 is 2.17 bits per heavy atom. The molecule has 0 bridgehead atoms. The number of hydrogen-bond donors (Lipinski definition) is 2. The lowest BCUT2D eigenvalue weighted by atomic mass is 10.1. The molecule has 0 aliphatic rings. The minimum Gasteiger partial charge on any atom is -0.433 e. The summed E-state index contributed by atoms with van der Waals surface area (Å²) in [4.78, 5) is 10.7. The zero-order chi connectivity index (χ0) is 9.40. The Bertz CT molecular complexity index is 133. The molecule has 12 heavy (non-hydrogen) atoms. The molecular weight excluding hydrogens is 163 g/mol. The zero-order valence-corrected chi connectivity index (χ0v) is 6.96. The normalized spacial score (nSPS) is 12.6. The first-order chi connectivity index (χ1) is 5.72. The molecule has 4 N–H and O–H groups in total. The number of esters is 1. The molecule has 0 aromatic rings. The quantitative estimate of drug-likeness (QED) is 0.440. The predicted octanol–water partition coefficient (Wildman–Crippen LogP) is -0.0871. The van der Waals surface area contributed by atoms with Gasteiger partial charge in [-0.3, -0.25) is 4.79 Å². The van der Waals surface area contributed by atoms with Gasteiger partial charge in [-0.1, -0.05) is 6.42 Å². The van der Waals surface area contributed by atoms with Gasteiger partial charge in [0.1, 0.15) is 6.04 Å². The van der Waals surface area contributed by atoms with Crippen molar-refractivity contribution < 1.29 is 13.9 Å². The van der Waals surface area contributed by atoms with Crippen LogP contribution in [-0.2, 0) is 9.53 Å². The lowest BCUT2D eigenvalue weighted by Gasteiger charge is -2.08. The molecule has 0 aromatic carbocycles. The van der Waals surface area contributed by atoms with Crippen molar-refractivity contribution in [2.45, 2.75) is 25.3 Å². The largest absolute Gasteiger partial charge is 0.433 e. The molecule has 0 aromatic heterocycles. The number of halogens is 1. The summed E-state index contributed by atoms with van der Waals surface area (Å²) in [6.45, 7) is -0.533. The number of carbonyl (C=O) groups is 1. The van der Waals surface area contributed by atoms with E-state index in [0.29, 0.717) is 13.0 Å². The van der Waals surface area contributed by atoms with Gasteiger partial charge in [0.25, 0.3) is 0 Å². The molecule has 0 spiro atoms. The smallest absolute Gasteiger partial charge is 0.325 e. The molecule has 0 unspecified atom stereocenters. The number of carbonyl (C=O) groups excluding carboxylic acids is 1. The summed E-state index contributed by atoms with van der Waals surface area (Å²) in [6.07, 6.45) is 2.08. The lowest BCUT2D eigenvalue weighted by molar-refractivity contribution is -0.149. The van der Waals surface area contributed by atoms with Crippen molar-refractivity contribution in [3.63, 3.8) is 0 Å². The first kappa shape index (κ1) is 11.3. The van der Waals surface area contributed by atoms with Crippen molar-refractivity contribution in [1.29, 1.82) is 0 Å². The number of unbranched alkanes of at least 4 members (excludes halogenated alkanes) is 1. The second-order valence-corrected chi connectivity index (χ2v) is 2.46. The van der Waals surface area contributed by atoms with Gasteiger partial charge >= 0.3 is 5.97 Å². The molecule has 0 saturated carbocycles. The van der Waals surface area contributed by atoms with Crippen LogP contribution in [0.15, 0.2) is 0 Å². The summed E-state index contributed by atoms with van der Waals surface area (Å²) in [6, 6.07) is -0.715. The highest BCUT2D eigenvalue weighted by atomic mass is 19.1. The molecule has 0 aliphatic carbocycles. The van der Waals surface area contributed by atoms with Crippen LogP contribution in [0.4, 0.5) is 4.39 Å². The van der Waals surface area contributed by atoms with E-state index in [0.717, 1.165) is 12.8 Å². The fourth-order valence-corrected chi connectivity index (χ4v) is 0.787. The molecule has 0 radical (unpaired) electrons. The van der Waals surface area contributed by atoms with Gasteiger partial charge in [0, 0.05) is 0 Å². The van der Waals surface area contributed by atoms with Gasteiger partial charge in [0.15, 0.2) is 0 Å². The van der Waals surface area contributed by atoms with Crippen LogP contribution in [0, 0.1) is 0 Å². The van der Waals surface area contributed by atoms with E-state index in [-0.39, 0.29) is 0 Å². The van der Waals surface area contributed by atoms with E-state index in [9.17, 15) is 9.18 Å². The maximum atomic E-state index is 11.5. The van der Waals surface area contributed by atoms with Crippen molar-refractivity contribution >= 4 is 5.97 Å². The second-order valence-electron chi connectivity index (χ2n) is 2.46. The first-order valence-electron chi connectivity index (χ1n) is 3.90. The van der Waals surface area contributed by atoms with E-state index in [4.69, 9.17) is 11.5 Å². The van der Waals surface area contributed by atoms with Crippen molar-refractivity contribution in [3.8, 4) is 0 Å². The molecule has 1 atom stereocenters. The highest BCUT2D eigenvalue weighted by Crippen LogP contribution is 1.99. The highest BCUT2D eigenvalue weighted by Gasteiger charge is 2.13. The monoisotopic (exact) mass is 178 g/mol. The average Bonchev–Trinajstić information content (AvgIpc) is 2.05. The first-order valence-corrected chi connectivity index (χ1v) is 3.90. The highest BCUT2D eigenvalue weighted by molar-refractivity contribution is 5.75. The van der Waals surface area contributed by atoms with Crippen LogP contribution >= 0.6 is 0 Å². The summed E-state index contributed by atoms with van der Waals surface area (Å²) < 4.78 is 15.5. The Hall–Kier alpha value is -0.680. The Balaban J connectivity index is 3.42. The van der Waals surface area contributed by atoms with Crippen molar-refractivity contribution in [2.75, 3.05) is 13.4 Å². The van der Waals surface area contributed by atoms with Crippen molar-refractivity contribution in [3.05, 3.63) is 0 Å². The molecule has 0 saturated heterocycles. The Labute approximate surface area is 71.0 Å². The predicted molar refractivity (Wildman–Crippen MR) is 42.9 cm³/mol. The molecular formula is C7H15FN2O2. The third-order valence-electron chi connectivity index (χ3n) is 1.47. The lowest BCUT2D eigenvalue weighted by Crippen LogP contribution is -2.32. The van der Waals surface area contributed by atoms with Gasteiger partial charge in [0.2, 0.25) is 6.86 Å². The summed E-state index contributed by atoms with van der Waals surface area (Å²) in [5.74, 6) is -0.686. The van der Waals surface area contributed by atoms with Crippen LogP contribution < -0.4 is 11.5 Å². The van der Waals surface area contributed by atoms with E-state index in [2.05, 4.69) is 4.74 Å². The third kappa shape index (κ3) is 5.03. The second kappa shape index (κ2) is 7.00. The molecule has 0 amide bonds. The summed E-state index contributed by atoms with van der Waals surface area (Å²) in [5, 5.41) is 0. The van der Waals surface area contributed by atoms with Gasteiger partial charge in [0.05, 0.1) is 0 Å². The van der Waals surface area contributed by atoms with Gasteiger partial charge < -0.3 is 16.2 Å². The van der Waals surface area contributed by atoms with Gasteiger partial charge in [-0.15, -0.1) is 0 Å². The zero-order valence-electron chi connectivity index (χ0n) is 6.96. The average molecular weight is 178 g/mol. The molecule has 5 heteroatoms. The fraction of sp³-hybridized carbons (Fsp3) is 0.857. The van der Waals surface area contributed by atoms with Crippen molar-refractivity contribution in [2.24, 2.45) is 11.5 Å². The van der Waals surface area contributed by atoms with E-state index in [1.165, 1.54) is 0 Å². The van der Waals surface area contributed by atoms with Gasteiger partial charge in [-0.05, 0) is 19.4 Å². The van der Waals surface area contributed by atoms with Gasteiger partial charge in [-0.2, -0.15) is 0 Å². The number of nitrogens with two attached hydrogens (primary N) is 2. The molecule has 0 aliphatic heterocycles. The summed E-state index contributed by atoms with van der Waals surface area (Å²) >= 11 is 0. The van der Waals surface area contributed by atoms with Crippen LogP contribution in [0.3, 0.4) is 0 Å². The minimum atomic E-state index is -1.11. The Kier molecular flexibility index (Phi) is 6.60. The maximum absolute atomic E-state index is 11.5. The third-order valence-corrected chi connectivity index (χ3v) is 1.47. The Morgan fingerprint density at radius 1 is 1.50 bits per heavy atom. The molecule has 0 heterocycles. The minimum absolute atomic E-state index is 0.496. The van der Waals surface area contributed by atoms with Crippen LogP contribution in [-0.4, -0.2) is 25.4 Å². The SMILES string of the molecule is NCCCC[C@H](N)C(=O)OCF. The topological polar surface area (TPSA) is 78.3 Å². The van der Waals surface area contributed by atoms with E-state index >= 15 is 0 Å². The van der Waals surface area contributed by atoms with Gasteiger partial charge in [-0.25, -0.2) is 4.39 Å². The molecule has 0 fully saturated rings. The van der Waals surface area contributed by atoms with E-state index in [1.54, 1.807) is 0 Å². The number of rotatable bonds is 6. The summed E-state index contributed by atoms with van der Waals surface area (Å²) in [7, 11) is 0. The Morgan fingerprint density at radius 3 is 2.67 bits per heavy atom. The van der Waals surface area contributed by atoms with Crippen LogP contribution in [0.25, 0.3) is 0 Å². The summed E-state index contributed by atoms with van der Waals surface area (Å²) in [5.41, 5.74) is 10.6. The fourth-order valence-electron chi connectivity index (χ4n) is 0.787. The number of ether oxygens (including phenoxy) is 1. The standard InChI is InChI=1S/C7H15FN2O2/c8-5-12-7(11)6(10)3-1-2-4-9/h6H,1-5,9-10H2/t6-/m0/s1. The van der Waals surface area contributed by atoms with Crippen LogP contribution in [0.2, 0.25) is 0 Å². The molecule has 72 valence electrons. The van der Waals surface area contributed by atoms with E-state index in [1.807, 2.05) is 0 Å².